The van der Waals surface area contributed by atoms with Gasteiger partial charge >= 0.3 is 0 Å². The molecule has 23 heavy (non-hydrogen) atoms. The van der Waals surface area contributed by atoms with Gasteiger partial charge in [-0.1, -0.05) is 30.3 Å². The first kappa shape index (κ1) is 15.0. The van der Waals surface area contributed by atoms with Gasteiger partial charge < -0.3 is 5.32 Å². The first-order valence-corrected chi connectivity index (χ1v) is 7.34. The topological polar surface area (TPSA) is 66.5 Å². The van der Waals surface area contributed by atoms with Crippen molar-refractivity contribution in [2.24, 2.45) is 0 Å². The van der Waals surface area contributed by atoms with Crippen LogP contribution in [0.1, 0.15) is 21.5 Å². The van der Waals surface area contributed by atoms with Crippen LogP contribution < -0.4 is 5.32 Å². The highest BCUT2D eigenvalue weighted by Gasteiger charge is 2.31. The molecule has 1 heterocycles. The van der Waals surface area contributed by atoms with Crippen molar-refractivity contribution in [3.05, 3.63) is 65.2 Å². The number of aryl methyl sites for hydroxylation is 1. The number of fused-ring (bicyclic) bond motifs is 1. The minimum atomic E-state index is -0.420. The first-order chi connectivity index (χ1) is 11.0. The number of carbonyl (C=O) groups is 3. The number of carbonyl (C=O) groups excluding carboxylic acids is 3. The van der Waals surface area contributed by atoms with E-state index in [1.807, 2.05) is 25.1 Å². The van der Waals surface area contributed by atoms with E-state index in [9.17, 15) is 14.4 Å². The molecule has 0 aliphatic carbocycles. The van der Waals surface area contributed by atoms with Crippen molar-refractivity contribution in [3.8, 4) is 0 Å². The molecule has 0 spiro atoms. The zero-order valence-electron chi connectivity index (χ0n) is 12.7. The highest BCUT2D eigenvalue weighted by molar-refractivity contribution is 6.12. The van der Waals surface area contributed by atoms with Gasteiger partial charge in [0.15, 0.2) is 0 Å². The highest BCUT2D eigenvalue weighted by Crippen LogP contribution is 2.19. The van der Waals surface area contributed by atoms with E-state index >= 15 is 0 Å². The lowest BCUT2D eigenvalue weighted by Crippen LogP contribution is -2.46. The summed E-state index contributed by atoms with van der Waals surface area (Å²) in [6.45, 7) is 1.64. The van der Waals surface area contributed by atoms with Crippen molar-refractivity contribution in [2.75, 3.05) is 11.9 Å². The summed E-state index contributed by atoms with van der Waals surface area (Å²) in [5.41, 5.74) is 2.85. The molecule has 0 aromatic heterocycles. The third kappa shape index (κ3) is 3.13. The van der Waals surface area contributed by atoms with Gasteiger partial charge in [-0.15, -0.1) is 0 Å². The predicted molar refractivity (Wildman–Crippen MR) is 86.0 cm³/mol. The lowest BCUT2D eigenvalue weighted by molar-refractivity contribution is -0.131. The molecule has 0 fully saturated rings. The minimum Gasteiger partial charge on any atom is -0.325 e. The van der Waals surface area contributed by atoms with Crippen LogP contribution in [0.15, 0.2) is 48.5 Å². The van der Waals surface area contributed by atoms with E-state index in [2.05, 4.69) is 5.32 Å². The number of imide groups is 1. The summed E-state index contributed by atoms with van der Waals surface area (Å²) in [6, 6.07) is 14.3. The molecule has 3 amide bonds. The van der Waals surface area contributed by atoms with Gasteiger partial charge in [-0.05, 0) is 36.2 Å². The molecule has 3 rings (SSSR count). The minimum absolute atomic E-state index is 0.139. The number of hydrogen-bond donors (Lipinski definition) is 1. The molecule has 1 aliphatic heterocycles. The molecule has 0 radical (unpaired) electrons. The summed E-state index contributed by atoms with van der Waals surface area (Å²) < 4.78 is 0. The molecule has 2 aromatic rings. The lowest BCUT2D eigenvalue weighted by Gasteiger charge is -2.26. The third-order valence-electron chi connectivity index (χ3n) is 3.74. The number of nitrogens with zero attached hydrogens (tertiary/aromatic N) is 1. The summed E-state index contributed by atoms with van der Waals surface area (Å²) in [4.78, 5) is 37.7. The second-order valence-corrected chi connectivity index (χ2v) is 5.54. The van der Waals surface area contributed by atoms with Crippen LogP contribution in [0.4, 0.5) is 5.69 Å². The van der Waals surface area contributed by atoms with Gasteiger partial charge in [-0.2, -0.15) is 0 Å². The molecule has 116 valence electrons. The molecule has 2 aromatic carbocycles. The van der Waals surface area contributed by atoms with E-state index in [-0.39, 0.29) is 18.9 Å². The van der Waals surface area contributed by atoms with Crippen molar-refractivity contribution >= 4 is 23.4 Å². The smallest absolute Gasteiger partial charge is 0.261 e. The maximum atomic E-state index is 12.4. The Hall–Kier alpha value is -2.95. The van der Waals surface area contributed by atoms with Crippen LogP contribution in [0.3, 0.4) is 0 Å². The summed E-state index contributed by atoms with van der Waals surface area (Å²) in [5, 5.41) is 2.71. The summed E-state index contributed by atoms with van der Waals surface area (Å²) in [7, 11) is 0. The van der Waals surface area contributed by atoms with Crippen molar-refractivity contribution in [2.45, 2.75) is 13.3 Å². The van der Waals surface area contributed by atoms with Gasteiger partial charge in [0, 0.05) is 11.3 Å². The fourth-order valence-corrected chi connectivity index (χ4v) is 2.63. The van der Waals surface area contributed by atoms with Crippen LogP contribution in [0.2, 0.25) is 0 Å². The van der Waals surface area contributed by atoms with Crippen LogP contribution in [0.25, 0.3) is 0 Å². The Bertz CT molecular complexity index is 798. The van der Waals surface area contributed by atoms with Gasteiger partial charge in [-0.3, -0.25) is 19.3 Å². The van der Waals surface area contributed by atoms with E-state index in [0.717, 1.165) is 10.5 Å². The SMILES string of the molecule is Cc1cccc(NC(=O)CN2C(=O)Cc3ccccc3C2=O)c1. The van der Waals surface area contributed by atoms with Crippen molar-refractivity contribution in [3.63, 3.8) is 0 Å². The third-order valence-corrected chi connectivity index (χ3v) is 3.74. The Labute approximate surface area is 133 Å². The standard InChI is InChI=1S/C18H16N2O3/c1-12-5-4-7-14(9-12)19-16(21)11-20-17(22)10-13-6-2-3-8-15(13)18(20)23/h2-9H,10-11H2,1H3,(H,19,21). The van der Waals surface area contributed by atoms with Crippen LogP contribution in [0.5, 0.6) is 0 Å². The number of anilines is 1. The highest BCUT2D eigenvalue weighted by atomic mass is 16.2. The zero-order valence-corrected chi connectivity index (χ0v) is 12.7. The average Bonchev–Trinajstić information content (AvgIpc) is 2.51. The number of hydrogen-bond acceptors (Lipinski definition) is 3. The predicted octanol–water partition coefficient (Wildman–Crippen LogP) is 2.16. The second kappa shape index (κ2) is 6.04. The molecule has 0 bridgehead atoms. The van der Waals surface area contributed by atoms with Gasteiger partial charge in [-0.25, -0.2) is 0 Å². The van der Waals surface area contributed by atoms with Crippen LogP contribution >= 0.6 is 0 Å². The monoisotopic (exact) mass is 308 g/mol. The van der Waals surface area contributed by atoms with E-state index in [1.165, 1.54) is 0 Å². The Kier molecular flexibility index (Phi) is 3.93. The fraction of sp³-hybridized carbons (Fsp3) is 0.167. The maximum absolute atomic E-state index is 12.4. The maximum Gasteiger partial charge on any atom is 0.261 e. The number of rotatable bonds is 3. The Morgan fingerprint density at radius 3 is 2.70 bits per heavy atom. The zero-order chi connectivity index (χ0) is 16.4. The molecule has 5 nitrogen and oxygen atoms in total. The Balaban J connectivity index is 1.74. The molecule has 1 aliphatic rings. The average molecular weight is 308 g/mol. The summed E-state index contributed by atoms with van der Waals surface area (Å²) in [5.74, 6) is -1.17. The fourth-order valence-electron chi connectivity index (χ4n) is 2.63. The quantitative estimate of drug-likeness (QED) is 0.884. The summed E-state index contributed by atoms with van der Waals surface area (Å²) in [6.07, 6.45) is 0.139. The molecule has 1 N–H and O–H groups in total. The van der Waals surface area contributed by atoms with Gasteiger partial charge in [0.25, 0.3) is 5.91 Å². The van der Waals surface area contributed by atoms with E-state index < -0.39 is 11.8 Å². The summed E-state index contributed by atoms with van der Waals surface area (Å²) >= 11 is 0. The van der Waals surface area contributed by atoms with E-state index in [1.54, 1.807) is 30.3 Å². The Morgan fingerprint density at radius 2 is 1.91 bits per heavy atom. The van der Waals surface area contributed by atoms with Gasteiger partial charge in [0.2, 0.25) is 11.8 Å². The molecule has 0 unspecified atom stereocenters. The van der Waals surface area contributed by atoms with E-state index in [0.29, 0.717) is 16.8 Å². The van der Waals surface area contributed by atoms with Gasteiger partial charge in [0.05, 0.1) is 6.42 Å². The normalized spacial score (nSPS) is 13.7. The first-order valence-electron chi connectivity index (χ1n) is 7.34. The molecular weight excluding hydrogens is 292 g/mol. The molecule has 0 saturated heterocycles. The second-order valence-electron chi connectivity index (χ2n) is 5.54. The van der Waals surface area contributed by atoms with Crippen LogP contribution in [-0.4, -0.2) is 29.2 Å². The molecule has 5 heteroatoms. The number of amides is 3. The van der Waals surface area contributed by atoms with Crippen molar-refractivity contribution in [1.82, 2.24) is 4.90 Å². The largest absolute Gasteiger partial charge is 0.325 e. The molecule has 0 saturated carbocycles. The van der Waals surface area contributed by atoms with Crippen LogP contribution in [0, 0.1) is 6.92 Å². The van der Waals surface area contributed by atoms with Crippen molar-refractivity contribution < 1.29 is 14.4 Å². The van der Waals surface area contributed by atoms with Crippen LogP contribution in [-0.2, 0) is 16.0 Å². The Morgan fingerprint density at radius 1 is 1.13 bits per heavy atom. The number of benzene rings is 2. The molecular formula is C18H16N2O3. The molecule has 0 atom stereocenters. The van der Waals surface area contributed by atoms with Gasteiger partial charge in [0.1, 0.15) is 6.54 Å². The lowest BCUT2D eigenvalue weighted by atomic mass is 9.98. The van der Waals surface area contributed by atoms with E-state index in [4.69, 9.17) is 0 Å². The van der Waals surface area contributed by atoms with Crippen molar-refractivity contribution in [1.29, 1.82) is 0 Å². The number of nitrogens with one attached hydrogen (secondary N) is 1.